The molecule has 5 nitrogen and oxygen atoms in total. The largest absolute Gasteiger partial charge is 0.480 e. The van der Waals surface area contributed by atoms with Crippen molar-refractivity contribution in [2.75, 3.05) is 19.6 Å². The Hall–Kier alpha value is -2.14. The van der Waals surface area contributed by atoms with Crippen molar-refractivity contribution < 1.29 is 14.7 Å². The van der Waals surface area contributed by atoms with E-state index in [4.69, 9.17) is 5.11 Å². The molecule has 0 bridgehead atoms. The second-order valence-electron chi connectivity index (χ2n) is 4.37. The molecule has 1 saturated heterocycles. The molecule has 1 aromatic rings. The van der Waals surface area contributed by atoms with Crippen LogP contribution in [0.15, 0.2) is 36.4 Å². The van der Waals surface area contributed by atoms with E-state index in [0.717, 1.165) is 5.56 Å². The number of nitrogens with zero attached hydrogens (tertiary/aromatic N) is 1. The fourth-order valence-corrected chi connectivity index (χ4v) is 1.95. The molecule has 0 saturated carbocycles. The highest BCUT2D eigenvalue weighted by Crippen LogP contribution is 2.04. The molecule has 1 atom stereocenters. The first kappa shape index (κ1) is 13.3. The third-order valence-corrected chi connectivity index (χ3v) is 3.00. The normalized spacial score (nSPS) is 19.6. The van der Waals surface area contributed by atoms with E-state index in [0.29, 0.717) is 13.1 Å². The van der Waals surface area contributed by atoms with Crippen molar-refractivity contribution in [2.24, 2.45) is 0 Å². The van der Waals surface area contributed by atoms with Crippen LogP contribution in [0.4, 0.5) is 0 Å². The summed E-state index contributed by atoms with van der Waals surface area (Å²) < 4.78 is 0. The number of hydrogen-bond donors (Lipinski definition) is 2. The van der Waals surface area contributed by atoms with Gasteiger partial charge in [0.1, 0.15) is 6.04 Å². The van der Waals surface area contributed by atoms with Gasteiger partial charge in [0.25, 0.3) is 0 Å². The molecule has 1 amide bonds. The highest BCUT2D eigenvalue weighted by molar-refractivity contribution is 5.92. The first-order chi connectivity index (χ1) is 9.16. The van der Waals surface area contributed by atoms with Crippen molar-refractivity contribution in [1.82, 2.24) is 10.2 Å². The van der Waals surface area contributed by atoms with Crippen molar-refractivity contribution in [3.8, 4) is 0 Å². The highest BCUT2D eigenvalue weighted by atomic mass is 16.4. The topological polar surface area (TPSA) is 69.6 Å². The van der Waals surface area contributed by atoms with Crippen LogP contribution in [0.25, 0.3) is 6.08 Å². The lowest BCUT2D eigenvalue weighted by molar-refractivity contribution is -0.141. The molecule has 1 aromatic carbocycles. The van der Waals surface area contributed by atoms with Gasteiger partial charge < -0.3 is 15.3 Å². The molecular weight excluding hydrogens is 244 g/mol. The van der Waals surface area contributed by atoms with Gasteiger partial charge in [-0.2, -0.15) is 0 Å². The summed E-state index contributed by atoms with van der Waals surface area (Å²) in [5, 5.41) is 11.8. The smallest absolute Gasteiger partial charge is 0.322 e. The SMILES string of the molecule is O=C(O)[C@H]1CN(C(=O)/C=C/c2ccccc2)CCN1. The minimum atomic E-state index is -0.926. The Bertz CT molecular complexity index is 485. The number of aliphatic carboxylic acids is 1. The van der Waals surface area contributed by atoms with Crippen LogP contribution < -0.4 is 5.32 Å². The van der Waals surface area contributed by atoms with Crippen LogP contribution in [-0.4, -0.2) is 47.6 Å². The first-order valence-electron chi connectivity index (χ1n) is 6.15. The van der Waals surface area contributed by atoms with Gasteiger partial charge in [-0.3, -0.25) is 9.59 Å². The lowest BCUT2D eigenvalue weighted by Crippen LogP contribution is -2.55. The molecule has 0 radical (unpaired) electrons. The molecule has 0 spiro atoms. The van der Waals surface area contributed by atoms with Gasteiger partial charge in [-0.05, 0) is 11.6 Å². The number of carbonyl (C=O) groups is 2. The molecule has 2 rings (SSSR count). The third kappa shape index (κ3) is 3.66. The molecule has 0 unspecified atom stereocenters. The number of carboxylic acid groups (broad SMARTS) is 1. The summed E-state index contributed by atoms with van der Waals surface area (Å²) in [5.74, 6) is -1.08. The van der Waals surface area contributed by atoms with Crippen LogP contribution >= 0.6 is 0 Å². The summed E-state index contributed by atoms with van der Waals surface area (Å²) in [5.41, 5.74) is 0.945. The summed E-state index contributed by atoms with van der Waals surface area (Å²) in [4.78, 5) is 24.4. The van der Waals surface area contributed by atoms with E-state index in [1.165, 1.54) is 6.08 Å². The number of benzene rings is 1. The zero-order valence-electron chi connectivity index (χ0n) is 10.5. The molecule has 1 aliphatic rings. The molecule has 2 N–H and O–H groups in total. The molecule has 1 heterocycles. The third-order valence-electron chi connectivity index (χ3n) is 3.00. The number of nitrogens with one attached hydrogen (secondary N) is 1. The van der Waals surface area contributed by atoms with Crippen LogP contribution in [0.1, 0.15) is 5.56 Å². The first-order valence-corrected chi connectivity index (χ1v) is 6.15. The summed E-state index contributed by atoms with van der Waals surface area (Å²) in [7, 11) is 0. The van der Waals surface area contributed by atoms with E-state index in [-0.39, 0.29) is 12.5 Å². The van der Waals surface area contributed by atoms with Gasteiger partial charge in [-0.15, -0.1) is 0 Å². The van der Waals surface area contributed by atoms with E-state index in [1.54, 1.807) is 11.0 Å². The Morgan fingerprint density at radius 3 is 2.74 bits per heavy atom. The standard InChI is InChI=1S/C14H16N2O3/c17-13(7-6-11-4-2-1-3-5-11)16-9-8-15-12(10-16)14(18)19/h1-7,12,15H,8-10H2,(H,18,19)/b7-6+/t12-/m1/s1. The predicted octanol–water partition coefficient (Wildman–Crippen LogP) is 0.585. The number of carboxylic acids is 1. The molecule has 5 heteroatoms. The summed E-state index contributed by atoms with van der Waals surface area (Å²) in [6, 6.07) is 8.84. The predicted molar refractivity (Wildman–Crippen MR) is 71.5 cm³/mol. The van der Waals surface area contributed by atoms with Crippen LogP contribution in [-0.2, 0) is 9.59 Å². The summed E-state index contributed by atoms with van der Waals surface area (Å²) >= 11 is 0. The average Bonchev–Trinajstić information content (AvgIpc) is 2.46. The Morgan fingerprint density at radius 2 is 2.05 bits per heavy atom. The number of hydrogen-bond acceptors (Lipinski definition) is 3. The summed E-state index contributed by atoms with van der Waals surface area (Å²) in [6.45, 7) is 1.23. The molecule has 1 fully saturated rings. The zero-order chi connectivity index (χ0) is 13.7. The lowest BCUT2D eigenvalue weighted by atomic mass is 10.2. The van der Waals surface area contributed by atoms with Gasteiger partial charge >= 0.3 is 5.97 Å². The van der Waals surface area contributed by atoms with E-state index in [2.05, 4.69) is 5.32 Å². The van der Waals surface area contributed by atoms with E-state index in [1.807, 2.05) is 30.3 Å². The Balaban J connectivity index is 1.96. The van der Waals surface area contributed by atoms with Crippen molar-refractivity contribution in [2.45, 2.75) is 6.04 Å². The maximum absolute atomic E-state index is 12.0. The summed E-state index contributed by atoms with van der Waals surface area (Å²) in [6.07, 6.45) is 3.22. The monoisotopic (exact) mass is 260 g/mol. The lowest BCUT2D eigenvalue weighted by Gasteiger charge is -2.30. The van der Waals surface area contributed by atoms with E-state index < -0.39 is 12.0 Å². The van der Waals surface area contributed by atoms with E-state index >= 15 is 0 Å². The number of carbonyl (C=O) groups excluding carboxylic acids is 1. The van der Waals surface area contributed by atoms with Crippen LogP contribution in [0.5, 0.6) is 0 Å². The fourth-order valence-electron chi connectivity index (χ4n) is 1.95. The van der Waals surface area contributed by atoms with Gasteiger partial charge in [0.15, 0.2) is 0 Å². The van der Waals surface area contributed by atoms with Crippen molar-refractivity contribution in [1.29, 1.82) is 0 Å². The molecule has 1 aliphatic heterocycles. The Labute approximate surface area is 111 Å². The van der Waals surface area contributed by atoms with Crippen molar-refractivity contribution in [3.63, 3.8) is 0 Å². The fraction of sp³-hybridized carbons (Fsp3) is 0.286. The van der Waals surface area contributed by atoms with Crippen LogP contribution in [0.3, 0.4) is 0 Å². The Morgan fingerprint density at radius 1 is 1.32 bits per heavy atom. The number of piperazine rings is 1. The Kier molecular flexibility index (Phi) is 4.30. The molecule has 19 heavy (non-hydrogen) atoms. The van der Waals surface area contributed by atoms with Crippen LogP contribution in [0.2, 0.25) is 0 Å². The zero-order valence-corrected chi connectivity index (χ0v) is 10.5. The van der Waals surface area contributed by atoms with Gasteiger partial charge in [0, 0.05) is 25.7 Å². The van der Waals surface area contributed by atoms with E-state index in [9.17, 15) is 9.59 Å². The average molecular weight is 260 g/mol. The maximum Gasteiger partial charge on any atom is 0.322 e. The van der Waals surface area contributed by atoms with Gasteiger partial charge in [-0.1, -0.05) is 30.3 Å². The second kappa shape index (κ2) is 6.15. The van der Waals surface area contributed by atoms with Crippen LogP contribution in [0, 0.1) is 0 Å². The minimum absolute atomic E-state index is 0.156. The second-order valence-corrected chi connectivity index (χ2v) is 4.37. The van der Waals surface area contributed by atoms with Crippen molar-refractivity contribution >= 4 is 18.0 Å². The highest BCUT2D eigenvalue weighted by Gasteiger charge is 2.26. The van der Waals surface area contributed by atoms with Crippen molar-refractivity contribution in [3.05, 3.63) is 42.0 Å². The molecule has 0 aromatic heterocycles. The molecule has 100 valence electrons. The minimum Gasteiger partial charge on any atom is -0.480 e. The molecular formula is C14H16N2O3. The van der Waals surface area contributed by atoms with Gasteiger partial charge in [0.05, 0.1) is 0 Å². The number of rotatable bonds is 3. The maximum atomic E-state index is 12.0. The number of amides is 1. The van der Waals surface area contributed by atoms with Gasteiger partial charge in [-0.25, -0.2) is 0 Å². The van der Waals surface area contributed by atoms with Gasteiger partial charge in [0.2, 0.25) is 5.91 Å². The molecule has 0 aliphatic carbocycles. The quantitative estimate of drug-likeness (QED) is 0.780.